The molecule has 4 nitrogen and oxygen atoms in total. The van der Waals surface area contributed by atoms with Gasteiger partial charge in [0, 0.05) is 26.4 Å². The zero-order chi connectivity index (χ0) is 13.5. The Hall–Kier alpha value is -0.870. The fourth-order valence-corrected chi connectivity index (χ4v) is 2.47. The van der Waals surface area contributed by atoms with Crippen molar-refractivity contribution in [2.45, 2.75) is 45.8 Å². The van der Waals surface area contributed by atoms with E-state index in [1.54, 1.807) is 7.11 Å². The lowest BCUT2D eigenvalue weighted by Gasteiger charge is -2.29. The maximum atomic E-state index is 5.64. The average Bonchev–Trinajstić information content (AvgIpc) is 2.72. The Balaban J connectivity index is 2.56. The molecule has 0 radical (unpaired) electrons. The van der Waals surface area contributed by atoms with Gasteiger partial charge >= 0.3 is 0 Å². The lowest BCUT2D eigenvalue weighted by atomic mass is 9.94. The van der Waals surface area contributed by atoms with Crippen molar-refractivity contribution >= 4 is 0 Å². The summed E-state index contributed by atoms with van der Waals surface area (Å²) >= 11 is 0. The molecule has 2 atom stereocenters. The highest BCUT2D eigenvalue weighted by molar-refractivity contribution is 5.04. The maximum Gasteiger partial charge on any atom is 0.0747 e. The van der Waals surface area contributed by atoms with Crippen molar-refractivity contribution in [3.05, 3.63) is 18.0 Å². The van der Waals surface area contributed by atoms with Crippen LogP contribution in [-0.4, -0.2) is 35.6 Å². The Labute approximate surface area is 111 Å². The van der Waals surface area contributed by atoms with Crippen molar-refractivity contribution in [2.75, 3.05) is 13.7 Å². The Kier molecular flexibility index (Phi) is 6.36. The highest BCUT2D eigenvalue weighted by Crippen LogP contribution is 2.15. The number of ether oxygens (including phenoxy) is 1. The van der Waals surface area contributed by atoms with E-state index in [2.05, 4.69) is 37.4 Å². The lowest BCUT2D eigenvalue weighted by Crippen LogP contribution is -2.44. The van der Waals surface area contributed by atoms with Gasteiger partial charge < -0.3 is 10.1 Å². The number of hydrogen-bond donors (Lipinski definition) is 1. The molecule has 1 rings (SSSR count). The largest absolute Gasteiger partial charge is 0.380 e. The van der Waals surface area contributed by atoms with Gasteiger partial charge in [-0.05, 0) is 30.9 Å². The first kappa shape index (κ1) is 15.2. The second kappa shape index (κ2) is 7.54. The molecule has 1 heterocycles. The van der Waals surface area contributed by atoms with Crippen molar-refractivity contribution in [3.63, 3.8) is 0 Å². The molecule has 0 aliphatic heterocycles. The predicted molar refractivity (Wildman–Crippen MR) is 74.6 cm³/mol. The van der Waals surface area contributed by atoms with Crippen LogP contribution in [0.1, 0.15) is 32.8 Å². The van der Waals surface area contributed by atoms with Crippen molar-refractivity contribution in [2.24, 2.45) is 13.0 Å². The molecule has 0 aliphatic rings. The van der Waals surface area contributed by atoms with E-state index in [0.29, 0.717) is 12.0 Å². The van der Waals surface area contributed by atoms with Gasteiger partial charge in [-0.1, -0.05) is 20.8 Å². The van der Waals surface area contributed by atoms with Crippen LogP contribution in [0.5, 0.6) is 0 Å². The van der Waals surface area contributed by atoms with Crippen LogP contribution in [-0.2, 0) is 18.2 Å². The van der Waals surface area contributed by atoms with Crippen molar-refractivity contribution in [1.29, 1.82) is 0 Å². The normalized spacial score (nSPS) is 15.0. The van der Waals surface area contributed by atoms with Gasteiger partial charge in [-0.2, -0.15) is 5.10 Å². The fraction of sp³-hybridized carbons (Fsp3) is 0.786. The lowest BCUT2D eigenvalue weighted by molar-refractivity contribution is 0.0312. The zero-order valence-electron chi connectivity index (χ0n) is 12.3. The summed E-state index contributed by atoms with van der Waals surface area (Å²) in [5, 5.41) is 7.75. The molecule has 0 fully saturated rings. The molecule has 1 aromatic rings. The molecule has 0 saturated carbocycles. The summed E-state index contributed by atoms with van der Waals surface area (Å²) in [5.41, 5.74) is 1.29. The van der Waals surface area contributed by atoms with Gasteiger partial charge in [-0.25, -0.2) is 0 Å². The monoisotopic (exact) mass is 253 g/mol. The number of methoxy groups -OCH3 is 1. The summed E-state index contributed by atoms with van der Waals surface area (Å²) in [4.78, 5) is 0. The summed E-state index contributed by atoms with van der Waals surface area (Å²) in [6.45, 7) is 7.54. The maximum absolute atomic E-state index is 5.64. The summed E-state index contributed by atoms with van der Waals surface area (Å²) in [7, 11) is 3.76. The quantitative estimate of drug-likeness (QED) is 0.770. The molecule has 0 bridgehead atoms. The second-order valence-electron chi connectivity index (χ2n) is 5.17. The fourth-order valence-electron chi connectivity index (χ4n) is 2.47. The van der Waals surface area contributed by atoms with Gasteiger partial charge in [0.1, 0.15) is 0 Å². The molecule has 104 valence electrons. The Morgan fingerprint density at radius 3 is 2.61 bits per heavy atom. The minimum atomic E-state index is 0.265. The van der Waals surface area contributed by atoms with E-state index in [1.165, 1.54) is 5.56 Å². The third-order valence-corrected chi connectivity index (χ3v) is 3.29. The first-order valence-corrected chi connectivity index (χ1v) is 6.82. The topological polar surface area (TPSA) is 39.1 Å². The molecular formula is C14H27N3O. The van der Waals surface area contributed by atoms with Crippen LogP contribution < -0.4 is 5.32 Å². The van der Waals surface area contributed by atoms with Crippen molar-refractivity contribution in [3.8, 4) is 0 Å². The standard InChI is InChI=1S/C14H27N3O/c1-6-15-13(14(18-5)11(2)3)8-7-12-9-16-17(4)10-12/h9-11,13-15H,6-8H2,1-5H3. The van der Waals surface area contributed by atoms with Gasteiger partial charge in [0.2, 0.25) is 0 Å². The highest BCUT2D eigenvalue weighted by Gasteiger charge is 2.23. The van der Waals surface area contributed by atoms with E-state index in [9.17, 15) is 0 Å². The van der Waals surface area contributed by atoms with Crippen molar-refractivity contribution in [1.82, 2.24) is 15.1 Å². The van der Waals surface area contributed by atoms with Crippen LogP contribution in [0.4, 0.5) is 0 Å². The van der Waals surface area contributed by atoms with Crippen LogP contribution in [0.15, 0.2) is 12.4 Å². The summed E-state index contributed by atoms with van der Waals surface area (Å²) < 4.78 is 7.49. The second-order valence-corrected chi connectivity index (χ2v) is 5.17. The van der Waals surface area contributed by atoms with Gasteiger partial charge in [0.05, 0.1) is 12.3 Å². The SMILES string of the molecule is CCNC(CCc1cnn(C)c1)C(OC)C(C)C. The third-order valence-electron chi connectivity index (χ3n) is 3.29. The van der Waals surface area contributed by atoms with Crippen LogP contribution in [0.3, 0.4) is 0 Å². The Morgan fingerprint density at radius 1 is 1.44 bits per heavy atom. The summed E-state index contributed by atoms with van der Waals surface area (Å²) in [6, 6.07) is 0.403. The Morgan fingerprint density at radius 2 is 2.17 bits per heavy atom. The summed E-state index contributed by atoms with van der Waals surface area (Å²) in [5.74, 6) is 0.521. The molecule has 0 saturated heterocycles. The molecule has 1 N–H and O–H groups in total. The number of nitrogens with zero attached hydrogens (tertiary/aromatic N) is 2. The number of aryl methyl sites for hydroxylation is 2. The van der Waals surface area contributed by atoms with Gasteiger partial charge in [0.15, 0.2) is 0 Å². The minimum absolute atomic E-state index is 0.265. The van der Waals surface area contributed by atoms with E-state index in [-0.39, 0.29) is 6.10 Å². The third kappa shape index (κ3) is 4.42. The highest BCUT2D eigenvalue weighted by atomic mass is 16.5. The number of rotatable bonds is 8. The van der Waals surface area contributed by atoms with Gasteiger partial charge in [-0.15, -0.1) is 0 Å². The molecule has 0 spiro atoms. The van der Waals surface area contributed by atoms with Gasteiger partial charge in [0.25, 0.3) is 0 Å². The van der Waals surface area contributed by atoms with E-state index >= 15 is 0 Å². The van der Waals surface area contributed by atoms with Crippen LogP contribution in [0.2, 0.25) is 0 Å². The molecule has 0 aromatic carbocycles. The molecule has 0 amide bonds. The summed E-state index contributed by atoms with van der Waals surface area (Å²) in [6.07, 6.45) is 6.41. The predicted octanol–water partition coefficient (Wildman–Crippen LogP) is 2.00. The van der Waals surface area contributed by atoms with Crippen LogP contribution in [0, 0.1) is 5.92 Å². The van der Waals surface area contributed by atoms with Crippen molar-refractivity contribution < 1.29 is 4.74 Å². The molecule has 0 aliphatic carbocycles. The number of hydrogen-bond acceptors (Lipinski definition) is 3. The first-order valence-electron chi connectivity index (χ1n) is 6.82. The number of likely N-dealkylation sites (N-methyl/N-ethyl adjacent to an activating group) is 1. The minimum Gasteiger partial charge on any atom is -0.380 e. The number of nitrogens with one attached hydrogen (secondary N) is 1. The van der Waals surface area contributed by atoms with E-state index in [0.717, 1.165) is 19.4 Å². The van der Waals surface area contributed by atoms with Crippen LogP contribution >= 0.6 is 0 Å². The smallest absolute Gasteiger partial charge is 0.0747 e. The number of aromatic nitrogens is 2. The molecule has 4 heteroatoms. The zero-order valence-corrected chi connectivity index (χ0v) is 12.3. The van der Waals surface area contributed by atoms with Gasteiger partial charge in [-0.3, -0.25) is 4.68 Å². The molecule has 2 unspecified atom stereocenters. The van der Waals surface area contributed by atoms with E-state index in [1.807, 2.05) is 17.9 Å². The average molecular weight is 253 g/mol. The molecular weight excluding hydrogens is 226 g/mol. The van der Waals surface area contributed by atoms with Crippen LogP contribution in [0.25, 0.3) is 0 Å². The van der Waals surface area contributed by atoms with E-state index < -0.39 is 0 Å². The molecule has 18 heavy (non-hydrogen) atoms. The molecule has 1 aromatic heterocycles. The Bertz CT molecular complexity index is 336. The first-order chi connectivity index (χ1) is 8.58. The van der Waals surface area contributed by atoms with E-state index in [4.69, 9.17) is 4.74 Å².